The number of nitrogens with zero attached hydrogens (tertiary/aromatic N) is 3. The van der Waals surface area contributed by atoms with Crippen molar-refractivity contribution in [2.75, 3.05) is 6.54 Å². The van der Waals surface area contributed by atoms with Crippen LogP contribution in [0.3, 0.4) is 0 Å². The van der Waals surface area contributed by atoms with E-state index in [-0.39, 0.29) is 18.0 Å². The molecule has 0 bridgehead atoms. The number of likely N-dealkylation sites (tertiary alicyclic amines) is 1. The number of hydrogen-bond donors (Lipinski definition) is 1. The summed E-state index contributed by atoms with van der Waals surface area (Å²) in [6.07, 6.45) is 4.06. The van der Waals surface area contributed by atoms with Crippen LogP contribution in [0.4, 0.5) is 0 Å². The van der Waals surface area contributed by atoms with Crippen LogP contribution in [-0.4, -0.2) is 39.2 Å². The van der Waals surface area contributed by atoms with Crippen molar-refractivity contribution in [3.63, 3.8) is 0 Å². The molecule has 0 aliphatic carbocycles. The fourth-order valence-electron chi connectivity index (χ4n) is 2.92. The fourth-order valence-corrected chi connectivity index (χ4v) is 2.92. The number of piperidine rings is 1. The second kappa shape index (κ2) is 5.74. The van der Waals surface area contributed by atoms with Crippen molar-refractivity contribution in [1.82, 2.24) is 14.7 Å². The maximum Gasteiger partial charge on any atom is 0.272 e. The standard InChI is InChI=1S/C14H24N4O/c1-4-11-8-13(17(3)16-11)14(19)18-10(2)6-5-7-12(18)9-15/h8,10,12H,4-7,9,15H2,1-3H3. The van der Waals surface area contributed by atoms with Crippen LogP contribution in [0.15, 0.2) is 6.07 Å². The molecule has 2 N–H and O–H groups in total. The Hall–Kier alpha value is -1.36. The monoisotopic (exact) mass is 264 g/mol. The normalized spacial score (nSPS) is 23.7. The third kappa shape index (κ3) is 2.66. The lowest BCUT2D eigenvalue weighted by atomic mass is 9.96. The molecule has 1 aromatic rings. The topological polar surface area (TPSA) is 64.2 Å². The molecule has 1 saturated heterocycles. The first kappa shape index (κ1) is 14.1. The molecule has 106 valence electrons. The minimum absolute atomic E-state index is 0.0670. The Balaban J connectivity index is 2.27. The van der Waals surface area contributed by atoms with E-state index in [9.17, 15) is 4.79 Å². The SMILES string of the molecule is CCc1cc(C(=O)N2C(C)CCCC2CN)n(C)n1. The number of aryl methyl sites for hydroxylation is 2. The van der Waals surface area contributed by atoms with E-state index in [4.69, 9.17) is 5.73 Å². The lowest BCUT2D eigenvalue weighted by Crippen LogP contribution is -2.52. The van der Waals surface area contributed by atoms with E-state index in [1.54, 1.807) is 4.68 Å². The summed E-state index contributed by atoms with van der Waals surface area (Å²) in [5, 5.41) is 4.36. The molecule has 2 atom stereocenters. The molecule has 2 rings (SSSR count). The Morgan fingerprint density at radius 1 is 1.53 bits per heavy atom. The smallest absolute Gasteiger partial charge is 0.272 e. The van der Waals surface area contributed by atoms with Crippen LogP contribution in [0.1, 0.15) is 49.3 Å². The first-order chi connectivity index (χ1) is 9.08. The molecule has 1 fully saturated rings. The van der Waals surface area contributed by atoms with Crippen LogP contribution in [0, 0.1) is 0 Å². The molecule has 5 nitrogen and oxygen atoms in total. The van der Waals surface area contributed by atoms with Gasteiger partial charge in [0.1, 0.15) is 5.69 Å². The average Bonchev–Trinajstić information content (AvgIpc) is 2.79. The first-order valence-corrected chi connectivity index (χ1v) is 7.14. The molecule has 1 aliphatic rings. The van der Waals surface area contributed by atoms with E-state index in [0.29, 0.717) is 12.2 Å². The summed E-state index contributed by atoms with van der Waals surface area (Å²) < 4.78 is 1.69. The van der Waals surface area contributed by atoms with Gasteiger partial charge in [0.25, 0.3) is 5.91 Å². The zero-order chi connectivity index (χ0) is 14.0. The predicted octanol–water partition coefficient (Wildman–Crippen LogP) is 1.32. The van der Waals surface area contributed by atoms with Crippen LogP contribution in [0.25, 0.3) is 0 Å². The van der Waals surface area contributed by atoms with Gasteiger partial charge in [0.15, 0.2) is 0 Å². The summed E-state index contributed by atoms with van der Waals surface area (Å²) >= 11 is 0. The largest absolute Gasteiger partial charge is 0.330 e. The number of carbonyl (C=O) groups is 1. The first-order valence-electron chi connectivity index (χ1n) is 7.14. The van der Waals surface area contributed by atoms with Crippen LogP contribution in [0.2, 0.25) is 0 Å². The fraction of sp³-hybridized carbons (Fsp3) is 0.714. The summed E-state index contributed by atoms with van der Waals surface area (Å²) in [7, 11) is 1.83. The van der Waals surface area contributed by atoms with Crippen LogP contribution in [0.5, 0.6) is 0 Å². The van der Waals surface area contributed by atoms with E-state index in [1.165, 1.54) is 0 Å². The molecule has 1 aliphatic heterocycles. The highest BCUT2D eigenvalue weighted by molar-refractivity contribution is 5.93. The number of aromatic nitrogens is 2. The number of amides is 1. The van der Waals surface area contributed by atoms with Gasteiger partial charge in [0, 0.05) is 25.7 Å². The van der Waals surface area contributed by atoms with E-state index >= 15 is 0 Å². The van der Waals surface area contributed by atoms with Crippen molar-refractivity contribution < 1.29 is 4.79 Å². The zero-order valence-corrected chi connectivity index (χ0v) is 12.1. The van der Waals surface area contributed by atoms with Gasteiger partial charge in [0.05, 0.1) is 5.69 Å². The van der Waals surface area contributed by atoms with Crippen molar-refractivity contribution >= 4 is 5.91 Å². The van der Waals surface area contributed by atoms with Gasteiger partial charge in [-0.3, -0.25) is 9.48 Å². The van der Waals surface area contributed by atoms with Crippen molar-refractivity contribution in [2.45, 2.75) is 51.6 Å². The predicted molar refractivity (Wildman–Crippen MR) is 74.9 cm³/mol. The van der Waals surface area contributed by atoms with E-state index < -0.39 is 0 Å². The molecule has 2 unspecified atom stereocenters. The minimum Gasteiger partial charge on any atom is -0.330 e. The molecule has 2 heterocycles. The highest BCUT2D eigenvalue weighted by Crippen LogP contribution is 2.24. The van der Waals surface area contributed by atoms with Crippen molar-refractivity contribution in [2.24, 2.45) is 12.8 Å². The molecule has 0 aromatic carbocycles. The molecule has 0 radical (unpaired) electrons. The Labute approximate surface area is 114 Å². The molecular formula is C14H24N4O. The lowest BCUT2D eigenvalue weighted by Gasteiger charge is -2.40. The molecule has 5 heteroatoms. The lowest BCUT2D eigenvalue weighted by molar-refractivity contribution is 0.0483. The number of nitrogens with two attached hydrogens (primary N) is 1. The second-order valence-corrected chi connectivity index (χ2v) is 5.38. The highest BCUT2D eigenvalue weighted by Gasteiger charge is 2.32. The third-order valence-electron chi connectivity index (χ3n) is 4.05. The number of rotatable bonds is 3. The van der Waals surface area contributed by atoms with Crippen LogP contribution in [-0.2, 0) is 13.5 Å². The summed E-state index contributed by atoms with van der Waals surface area (Å²) in [5.74, 6) is 0.0670. The summed E-state index contributed by atoms with van der Waals surface area (Å²) in [5.41, 5.74) is 7.45. The van der Waals surface area contributed by atoms with Crippen molar-refractivity contribution in [3.05, 3.63) is 17.5 Å². The van der Waals surface area contributed by atoms with Crippen molar-refractivity contribution in [3.8, 4) is 0 Å². The van der Waals surface area contributed by atoms with E-state index in [1.807, 2.05) is 24.9 Å². The van der Waals surface area contributed by atoms with Crippen molar-refractivity contribution in [1.29, 1.82) is 0 Å². The molecule has 1 amide bonds. The molecule has 19 heavy (non-hydrogen) atoms. The maximum atomic E-state index is 12.7. The average molecular weight is 264 g/mol. The van der Waals surface area contributed by atoms with Gasteiger partial charge in [-0.15, -0.1) is 0 Å². The van der Waals surface area contributed by atoms with Gasteiger partial charge < -0.3 is 10.6 Å². The Bertz CT molecular complexity index is 454. The summed E-state index contributed by atoms with van der Waals surface area (Å²) in [6, 6.07) is 2.32. The molecule has 0 saturated carbocycles. The second-order valence-electron chi connectivity index (χ2n) is 5.38. The van der Waals surface area contributed by atoms with Gasteiger partial charge in [-0.25, -0.2) is 0 Å². The number of carbonyl (C=O) groups excluding carboxylic acids is 1. The summed E-state index contributed by atoms with van der Waals surface area (Å²) in [4.78, 5) is 14.7. The van der Waals surface area contributed by atoms with Gasteiger partial charge in [-0.1, -0.05) is 6.92 Å². The van der Waals surface area contributed by atoms with E-state index in [2.05, 4.69) is 12.0 Å². The number of hydrogen-bond acceptors (Lipinski definition) is 3. The molecular weight excluding hydrogens is 240 g/mol. The quantitative estimate of drug-likeness (QED) is 0.895. The van der Waals surface area contributed by atoms with Gasteiger partial charge in [-0.2, -0.15) is 5.10 Å². The Morgan fingerprint density at radius 3 is 2.84 bits per heavy atom. The van der Waals surface area contributed by atoms with Crippen LogP contribution >= 0.6 is 0 Å². The zero-order valence-electron chi connectivity index (χ0n) is 12.1. The maximum absolute atomic E-state index is 12.7. The minimum atomic E-state index is 0.0670. The third-order valence-corrected chi connectivity index (χ3v) is 4.05. The Morgan fingerprint density at radius 2 is 2.26 bits per heavy atom. The van der Waals surface area contributed by atoms with Crippen LogP contribution < -0.4 is 5.73 Å². The van der Waals surface area contributed by atoms with Gasteiger partial charge >= 0.3 is 0 Å². The molecule has 0 spiro atoms. The Kier molecular flexibility index (Phi) is 4.24. The molecule has 1 aromatic heterocycles. The summed E-state index contributed by atoms with van der Waals surface area (Å²) in [6.45, 7) is 4.69. The van der Waals surface area contributed by atoms with Gasteiger partial charge in [0.2, 0.25) is 0 Å². The highest BCUT2D eigenvalue weighted by atomic mass is 16.2. The van der Waals surface area contributed by atoms with E-state index in [0.717, 1.165) is 31.4 Å². The van der Waals surface area contributed by atoms with Gasteiger partial charge in [-0.05, 0) is 38.7 Å².